The Morgan fingerprint density at radius 3 is 2.38 bits per heavy atom. The quantitative estimate of drug-likeness (QED) is 0.689. The summed E-state index contributed by atoms with van der Waals surface area (Å²) in [5.74, 6) is -0.827. The first kappa shape index (κ1) is 21.5. The third kappa shape index (κ3) is 4.87. The number of nitrogens with one attached hydrogen (secondary N) is 2. The average Bonchev–Trinajstić information content (AvgIpc) is 2.68. The Bertz CT molecular complexity index is 1020. The molecule has 2 aromatic carbocycles. The van der Waals surface area contributed by atoms with Crippen molar-refractivity contribution in [2.75, 3.05) is 5.75 Å². The van der Waals surface area contributed by atoms with Crippen LogP contribution in [0.3, 0.4) is 0 Å². The van der Waals surface area contributed by atoms with Crippen molar-refractivity contribution < 1.29 is 18.0 Å². The highest BCUT2D eigenvalue weighted by atomic mass is 79.9. The van der Waals surface area contributed by atoms with Gasteiger partial charge < -0.3 is 10.6 Å². The van der Waals surface area contributed by atoms with Gasteiger partial charge in [-0.25, -0.2) is 8.42 Å². The van der Waals surface area contributed by atoms with Crippen molar-refractivity contribution in [3.63, 3.8) is 0 Å². The number of carbonyl (C=O) groups excluding carboxylic acids is 2. The zero-order valence-electron chi connectivity index (χ0n) is 16.2. The van der Waals surface area contributed by atoms with Crippen LogP contribution >= 0.6 is 15.9 Å². The molecule has 0 aliphatic carbocycles. The van der Waals surface area contributed by atoms with Gasteiger partial charge in [-0.1, -0.05) is 48.0 Å². The Kier molecular flexibility index (Phi) is 6.43. The van der Waals surface area contributed by atoms with E-state index >= 15 is 0 Å². The number of amides is 2. The summed E-state index contributed by atoms with van der Waals surface area (Å²) in [5.41, 5.74) is 1.05. The molecule has 3 rings (SSSR count). The molecule has 0 spiro atoms. The lowest BCUT2D eigenvalue weighted by atomic mass is 9.99. The van der Waals surface area contributed by atoms with Crippen LogP contribution in [-0.4, -0.2) is 32.0 Å². The molecule has 2 atom stereocenters. The van der Waals surface area contributed by atoms with E-state index in [9.17, 15) is 18.0 Å². The molecular formula is C21H23BrN2O4S. The van der Waals surface area contributed by atoms with Crippen molar-refractivity contribution >= 4 is 37.6 Å². The summed E-state index contributed by atoms with van der Waals surface area (Å²) in [6.07, 6.45) is 0.302. The minimum Gasteiger partial charge on any atom is -0.347 e. The molecule has 0 saturated carbocycles. The Morgan fingerprint density at radius 2 is 1.72 bits per heavy atom. The summed E-state index contributed by atoms with van der Waals surface area (Å²) < 4.78 is 25.5. The fourth-order valence-corrected chi connectivity index (χ4v) is 5.25. The highest BCUT2D eigenvalue weighted by molar-refractivity contribution is 9.10. The largest absolute Gasteiger partial charge is 0.347 e. The van der Waals surface area contributed by atoms with Crippen LogP contribution in [-0.2, 0) is 14.6 Å². The van der Waals surface area contributed by atoms with Crippen LogP contribution in [0.2, 0.25) is 0 Å². The molecule has 1 aliphatic heterocycles. The van der Waals surface area contributed by atoms with E-state index in [0.717, 1.165) is 4.47 Å². The number of fused-ring (bicyclic) bond motifs is 1. The second-order valence-electron chi connectivity index (χ2n) is 7.41. The predicted octanol–water partition coefficient (Wildman–Crippen LogP) is 3.24. The van der Waals surface area contributed by atoms with E-state index in [-0.39, 0.29) is 28.4 Å². The lowest BCUT2D eigenvalue weighted by Crippen LogP contribution is -2.51. The van der Waals surface area contributed by atoms with E-state index in [1.807, 2.05) is 13.8 Å². The minimum atomic E-state index is -3.33. The molecule has 2 aromatic rings. The van der Waals surface area contributed by atoms with Gasteiger partial charge in [0.15, 0.2) is 9.84 Å². The van der Waals surface area contributed by atoms with Gasteiger partial charge in [0.05, 0.1) is 16.7 Å². The van der Waals surface area contributed by atoms with Crippen LogP contribution in [0.5, 0.6) is 0 Å². The van der Waals surface area contributed by atoms with Gasteiger partial charge in [0, 0.05) is 10.0 Å². The van der Waals surface area contributed by atoms with Crippen LogP contribution in [0.1, 0.15) is 42.2 Å². The van der Waals surface area contributed by atoms with Crippen LogP contribution in [0.4, 0.5) is 0 Å². The number of benzene rings is 2. The van der Waals surface area contributed by atoms with Gasteiger partial charge in [-0.15, -0.1) is 0 Å². The highest BCUT2D eigenvalue weighted by Crippen LogP contribution is 2.32. The van der Waals surface area contributed by atoms with Crippen LogP contribution in [0.25, 0.3) is 0 Å². The fourth-order valence-electron chi connectivity index (χ4n) is 3.36. The third-order valence-corrected chi connectivity index (χ3v) is 7.31. The molecule has 0 fully saturated rings. The number of rotatable bonds is 5. The summed E-state index contributed by atoms with van der Waals surface area (Å²) in [7, 11) is -3.33. The summed E-state index contributed by atoms with van der Waals surface area (Å²) in [4.78, 5) is 25.8. The van der Waals surface area contributed by atoms with Crippen molar-refractivity contribution in [3.8, 4) is 0 Å². The van der Waals surface area contributed by atoms with Gasteiger partial charge in [0.25, 0.3) is 5.91 Å². The fraction of sp³-hybridized carbons (Fsp3) is 0.333. The number of carbonyl (C=O) groups is 2. The lowest BCUT2D eigenvalue weighted by molar-refractivity contribution is -0.124. The molecule has 1 heterocycles. The maximum absolute atomic E-state index is 13.0. The van der Waals surface area contributed by atoms with Crippen LogP contribution < -0.4 is 10.6 Å². The molecule has 0 radical (unpaired) electrons. The molecular weight excluding hydrogens is 456 g/mol. The maximum atomic E-state index is 13.0. The summed E-state index contributed by atoms with van der Waals surface area (Å²) in [6, 6.07) is 12.5. The maximum Gasteiger partial charge on any atom is 0.251 e. The molecule has 6 nitrogen and oxygen atoms in total. The molecule has 2 amide bonds. The number of hydrogen-bond acceptors (Lipinski definition) is 4. The minimum absolute atomic E-state index is 0.0213. The van der Waals surface area contributed by atoms with E-state index in [0.29, 0.717) is 17.5 Å². The van der Waals surface area contributed by atoms with Crippen LogP contribution in [0.15, 0.2) is 57.9 Å². The van der Waals surface area contributed by atoms with Crippen molar-refractivity contribution in [1.29, 1.82) is 0 Å². The first-order valence-electron chi connectivity index (χ1n) is 9.37. The monoisotopic (exact) mass is 478 g/mol. The Balaban J connectivity index is 1.77. The standard InChI is InChI=1S/C21H23BrN2O4S/c1-13(2)19(24-20(25)14-7-9-15(22)10-8-14)21(26)23-17-11-12-29(27,28)18-6-4-3-5-16(17)18/h3-10,13,17,19H,11-12H2,1-2H3,(H,23,26)(H,24,25)/t17-,19+/m1/s1. The SMILES string of the molecule is CC(C)[C@H](NC(=O)c1ccc(Br)cc1)C(=O)N[C@@H]1CCS(=O)(=O)c2ccccc21. The summed E-state index contributed by atoms with van der Waals surface area (Å²) >= 11 is 3.33. The third-order valence-electron chi connectivity index (χ3n) is 4.96. The molecule has 154 valence electrons. The molecule has 2 N–H and O–H groups in total. The topological polar surface area (TPSA) is 92.3 Å². The molecule has 1 aliphatic rings. The number of hydrogen-bond donors (Lipinski definition) is 2. The Hall–Kier alpha value is -2.19. The molecule has 0 unspecified atom stereocenters. The van der Waals surface area contributed by atoms with Gasteiger partial charge in [-0.05, 0) is 48.2 Å². The van der Waals surface area contributed by atoms with E-state index in [2.05, 4.69) is 26.6 Å². The Morgan fingerprint density at radius 1 is 1.07 bits per heavy atom. The van der Waals surface area contributed by atoms with Crippen molar-refractivity contribution in [2.45, 2.75) is 37.2 Å². The van der Waals surface area contributed by atoms with E-state index in [1.54, 1.807) is 48.5 Å². The first-order chi connectivity index (χ1) is 13.7. The van der Waals surface area contributed by atoms with E-state index in [4.69, 9.17) is 0 Å². The highest BCUT2D eigenvalue weighted by Gasteiger charge is 2.33. The summed E-state index contributed by atoms with van der Waals surface area (Å²) in [5, 5.41) is 5.73. The van der Waals surface area contributed by atoms with Gasteiger partial charge in [0.2, 0.25) is 5.91 Å². The van der Waals surface area contributed by atoms with Crippen LogP contribution in [0, 0.1) is 5.92 Å². The van der Waals surface area contributed by atoms with Crippen molar-refractivity contribution in [2.24, 2.45) is 5.92 Å². The van der Waals surface area contributed by atoms with Gasteiger partial charge in [-0.3, -0.25) is 9.59 Å². The number of halogens is 1. The molecule has 0 saturated heterocycles. The number of sulfone groups is 1. The van der Waals surface area contributed by atoms with Crippen molar-refractivity contribution in [3.05, 3.63) is 64.1 Å². The van der Waals surface area contributed by atoms with Gasteiger partial charge in [0.1, 0.15) is 6.04 Å². The van der Waals surface area contributed by atoms with Crippen molar-refractivity contribution in [1.82, 2.24) is 10.6 Å². The van der Waals surface area contributed by atoms with Gasteiger partial charge in [-0.2, -0.15) is 0 Å². The smallest absolute Gasteiger partial charge is 0.251 e. The normalized spacial score (nSPS) is 18.6. The molecule has 0 aromatic heterocycles. The average molecular weight is 479 g/mol. The molecule has 29 heavy (non-hydrogen) atoms. The molecule has 8 heteroatoms. The van der Waals surface area contributed by atoms with E-state index in [1.165, 1.54) is 0 Å². The molecule has 0 bridgehead atoms. The zero-order valence-corrected chi connectivity index (χ0v) is 18.6. The predicted molar refractivity (Wildman–Crippen MR) is 114 cm³/mol. The first-order valence-corrected chi connectivity index (χ1v) is 11.8. The lowest BCUT2D eigenvalue weighted by Gasteiger charge is -2.29. The van der Waals surface area contributed by atoms with E-state index < -0.39 is 21.9 Å². The van der Waals surface area contributed by atoms with Gasteiger partial charge >= 0.3 is 0 Å². The second-order valence-corrected chi connectivity index (χ2v) is 10.4. The zero-order chi connectivity index (χ0) is 21.2. The Labute approximate surface area is 179 Å². The second kappa shape index (κ2) is 8.67. The summed E-state index contributed by atoms with van der Waals surface area (Å²) in [6.45, 7) is 3.71.